The van der Waals surface area contributed by atoms with Crippen LogP contribution >= 0.6 is 0 Å². The number of nitrogen functional groups attached to an aromatic ring is 1. The Morgan fingerprint density at radius 1 is 1.40 bits per heavy atom. The molecule has 0 aliphatic heterocycles. The summed E-state index contributed by atoms with van der Waals surface area (Å²) < 4.78 is 10.7. The fourth-order valence-electron chi connectivity index (χ4n) is 1.59. The van der Waals surface area contributed by atoms with Crippen molar-refractivity contribution in [2.75, 3.05) is 32.1 Å². The SMILES string of the molecule is C=C(C)COCCNC(=O)c1cc(N)cc(OCC)c1. The average molecular weight is 278 g/mol. The highest BCUT2D eigenvalue weighted by molar-refractivity contribution is 5.95. The highest BCUT2D eigenvalue weighted by Gasteiger charge is 2.08. The fourth-order valence-corrected chi connectivity index (χ4v) is 1.59. The molecule has 1 rings (SSSR count). The molecule has 0 atom stereocenters. The number of nitrogens with one attached hydrogen (secondary N) is 1. The molecule has 1 amide bonds. The minimum Gasteiger partial charge on any atom is -0.494 e. The number of ether oxygens (including phenoxy) is 2. The molecule has 5 heteroatoms. The fraction of sp³-hybridized carbons (Fsp3) is 0.400. The summed E-state index contributed by atoms with van der Waals surface area (Å²) >= 11 is 0. The van der Waals surface area contributed by atoms with E-state index in [2.05, 4.69) is 11.9 Å². The van der Waals surface area contributed by atoms with Gasteiger partial charge >= 0.3 is 0 Å². The van der Waals surface area contributed by atoms with Gasteiger partial charge in [0.05, 0.1) is 19.8 Å². The van der Waals surface area contributed by atoms with E-state index in [0.29, 0.717) is 43.4 Å². The van der Waals surface area contributed by atoms with Gasteiger partial charge in [0.15, 0.2) is 0 Å². The summed E-state index contributed by atoms with van der Waals surface area (Å²) in [4.78, 5) is 12.0. The molecule has 1 aromatic rings. The lowest BCUT2D eigenvalue weighted by Gasteiger charge is -2.09. The predicted octanol–water partition coefficient (Wildman–Crippen LogP) is 1.99. The van der Waals surface area contributed by atoms with E-state index in [1.165, 1.54) is 0 Å². The number of carbonyl (C=O) groups is 1. The van der Waals surface area contributed by atoms with Crippen molar-refractivity contribution in [2.45, 2.75) is 13.8 Å². The molecule has 0 aromatic heterocycles. The summed E-state index contributed by atoms with van der Waals surface area (Å²) in [5, 5.41) is 2.76. The lowest BCUT2D eigenvalue weighted by molar-refractivity contribution is 0.0926. The molecule has 5 nitrogen and oxygen atoms in total. The lowest BCUT2D eigenvalue weighted by atomic mass is 10.1. The number of hydrogen-bond donors (Lipinski definition) is 2. The first-order valence-electron chi connectivity index (χ1n) is 6.56. The smallest absolute Gasteiger partial charge is 0.251 e. The van der Waals surface area contributed by atoms with Crippen molar-refractivity contribution in [3.05, 3.63) is 35.9 Å². The number of carbonyl (C=O) groups excluding carboxylic acids is 1. The van der Waals surface area contributed by atoms with Crippen LogP contribution in [0.15, 0.2) is 30.4 Å². The van der Waals surface area contributed by atoms with Gasteiger partial charge in [-0.1, -0.05) is 12.2 Å². The van der Waals surface area contributed by atoms with Gasteiger partial charge < -0.3 is 20.5 Å². The van der Waals surface area contributed by atoms with Gasteiger partial charge in [-0.15, -0.1) is 0 Å². The minimum atomic E-state index is -0.197. The van der Waals surface area contributed by atoms with Gasteiger partial charge in [0.2, 0.25) is 0 Å². The Balaban J connectivity index is 2.48. The monoisotopic (exact) mass is 278 g/mol. The third-order valence-electron chi connectivity index (χ3n) is 2.38. The Bertz CT molecular complexity index is 472. The van der Waals surface area contributed by atoms with Crippen molar-refractivity contribution >= 4 is 11.6 Å². The van der Waals surface area contributed by atoms with E-state index >= 15 is 0 Å². The summed E-state index contributed by atoms with van der Waals surface area (Å²) in [6.07, 6.45) is 0. The maximum Gasteiger partial charge on any atom is 0.251 e. The molecule has 0 heterocycles. The van der Waals surface area contributed by atoms with E-state index in [1.54, 1.807) is 18.2 Å². The van der Waals surface area contributed by atoms with Crippen LogP contribution in [0.1, 0.15) is 24.2 Å². The highest BCUT2D eigenvalue weighted by atomic mass is 16.5. The van der Waals surface area contributed by atoms with Crippen LogP contribution in [0.25, 0.3) is 0 Å². The zero-order chi connectivity index (χ0) is 15.0. The van der Waals surface area contributed by atoms with Gasteiger partial charge in [-0.2, -0.15) is 0 Å². The Hall–Kier alpha value is -2.01. The molecule has 0 aliphatic carbocycles. The van der Waals surface area contributed by atoms with Gasteiger partial charge in [0, 0.05) is 23.9 Å². The molecular weight excluding hydrogens is 256 g/mol. The van der Waals surface area contributed by atoms with Crippen LogP contribution in [0.2, 0.25) is 0 Å². The Kier molecular flexibility index (Phi) is 6.59. The van der Waals surface area contributed by atoms with Crippen LogP contribution in [0.3, 0.4) is 0 Å². The van der Waals surface area contributed by atoms with Crippen molar-refractivity contribution in [2.24, 2.45) is 0 Å². The van der Waals surface area contributed by atoms with Gasteiger partial charge in [-0.3, -0.25) is 4.79 Å². The number of hydrogen-bond acceptors (Lipinski definition) is 4. The predicted molar refractivity (Wildman–Crippen MR) is 80.0 cm³/mol. The summed E-state index contributed by atoms with van der Waals surface area (Å²) in [5.41, 5.74) is 7.67. The molecule has 3 N–H and O–H groups in total. The normalized spacial score (nSPS) is 10.1. The van der Waals surface area contributed by atoms with Gasteiger partial charge in [0.25, 0.3) is 5.91 Å². The molecule has 0 saturated carbocycles. The Morgan fingerprint density at radius 2 is 2.15 bits per heavy atom. The maximum absolute atomic E-state index is 12.0. The highest BCUT2D eigenvalue weighted by Crippen LogP contribution is 2.18. The van der Waals surface area contributed by atoms with Crippen molar-refractivity contribution in [3.63, 3.8) is 0 Å². The molecule has 0 radical (unpaired) electrons. The number of rotatable bonds is 8. The van der Waals surface area contributed by atoms with E-state index < -0.39 is 0 Å². The molecule has 0 aliphatic rings. The number of benzene rings is 1. The Labute approximate surface area is 119 Å². The van der Waals surface area contributed by atoms with Crippen molar-refractivity contribution < 1.29 is 14.3 Å². The van der Waals surface area contributed by atoms with Crippen LogP contribution < -0.4 is 15.8 Å². The second-order valence-electron chi connectivity index (χ2n) is 4.49. The molecule has 1 aromatic carbocycles. The first-order chi connectivity index (χ1) is 9.52. The topological polar surface area (TPSA) is 73.6 Å². The first-order valence-corrected chi connectivity index (χ1v) is 6.56. The van der Waals surface area contributed by atoms with Crippen LogP contribution in [0.4, 0.5) is 5.69 Å². The van der Waals surface area contributed by atoms with Crippen LogP contribution in [0.5, 0.6) is 5.75 Å². The second-order valence-corrected chi connectivity index (χ2v) is 4.49. The molecule has 0 unspecified atom stereocenters. The third-order valence-corrected chi connectivity index (χ3v) is 2.38. The molecular formula is C15H22N2O3. The molecule has 0 saturated heterocycles. The lowest BCUT2D eigenvalue weighted by Crippen LogP contribution is -2.27. The first kappa shape index (κ1) is 16.0. The zero-order valence-electron chi connectivity index (χ0n) is 12.1. The van der Waals surface area contributed by atoms with Crippen LogP contribution in [-0.4, -0.2) is 32.3 Å². The van der Waals surface area contributed by atoms with E-state index in [9.17, 15) is 4.79 Å². The maximum atomic E-state index is 12.0. The standard InChI is InChI=1S/C15H22N2O3/c1-4-20-14-8-12(7-13(16)9-14)15(18)17-5-6-19-10-11(2)3/h7-9H,2,4-6,10,16H2,1,3H3,(H,17,18). The summed E-state index contributed by atoms with van der Waals surface area (Å²) in [5.74, 6) is 0.397. The number of amides is 1. The van der Waals surface area contributed by atoms with E-state index in [-0.39, 0.29) is 5.91 Å². The molecule has 0 bridgehead atoms. The largest absolute Gasteiger partial charge is 0.494 e. The van der Waals surface area contributed by atoms with Crippen molar-refractivity contribution in [1.29, 1.82) is 0 Å². The third kappa shape index (κ3) is 5.75. The van der Waals surface area contributed by atoms with Gasteiger partial charge in [-0.25, -0.2) is 0 Å². The quantitative estimate of drug-likeness (QED) is 0.433. The molecule has 110 valence electrons. The van der Waals surface area contributed by atoms with E-state index in [0.717, 1.165) is 5.57 Å². The summed E-state index contributed by atoms with van der Waals surface area (Å²) in [7, 11) is 0. The van der Waals surface area contributed by atoms with Crippen LogP contribution in [0, 0.1) is 0 Å². The summed E-state index contributed by atoms with van der Waals surface area (Å²) in [6.45, 7) is 9.41. The average Bonchev–Trinajstić information content (AvgIpc) is 2.37. The minimum absolute atomic E-state index is 0.197. The molecule has 0 spiro atoms. The molecule has 20 heavy (non-hydrogen) atoms. The van der Waals surface area contributed by atoms with E-state index in [1.807, 2.05) is 13.8 Å². The van der Waals surface area contributed by atoms with Gasteiger partial charge in [0.1, 0.15) is 5.75 Å². The van der Waals surface area contributed by atoms with Gasteiger partial charge in [-0.05, 0) is 26.0 Å². The van der Waals surface area contributed by atoms with Crippen molar-refractivity contribution in [3.8, 4) is 5.75 Å². The number of anilines is 1. The Morgan fingerprint density at radius 3 is 2.80 bits per heavy atom. The van der Waals surface area contributed by atoms with E-state index in [4.69, 9.17) is 15.2 Å². The number of nitrogens with two attached hydrogens (primary N) is 1. The summed E-state index contributed by atoms with van der Waals surface area (Å²) in [6, 6.07) is 4.98. The van der Waals surface area contributed by atoms with Crippen molar-refractivity contribution in [1.82, 2.24) is 5.32 Å². The second kappa shape index (κ2) is 8.22. The van der Waals surface area contributed by atoms with Crippen LogP contribution in [-0.2, 0) is 4.74 Å². The molecule has 0 fully saturated rings. The zero-order valence-corrected chi connectivity index (χ0v) is 12.1.